The minimum Gasteiger partial charge on any atom is -0.372 e. The Morgan fingerprint density at radius 1 is 0.972 bits per heavy atom. The van der Waals surface area contributed by atoms with Gasteiger partial charge in [-0.15, -0.1) is 0 Å². The molecular weight excluding hydrogens is 491 g/mol. The number of carbonyl (C=O) groups is 1. The lowest BCUT2D eigenvalue weighted by atomic mass is 10.1. The summed E-state index contributed by atoms with van der Waals surface area (Å²) in [7, 11) is 1.97. The van der Waals surface area contributed by atoms with Crippen molar-refractivity contribution in [2.45, 2.75) is 25.7 Å². The van der Waals surface area contributed by atoms with Crippen molar-refractivity contribution < 1.29 is 9.18 Å². The first-order valence-electron chi connectivity index (χ1n) is 11.9. The predicted octanol–water partition coefficient (Wildman–Crippen LogP) is 7.16. The number of amides is 1. The Labute approximate surface area is 219 Å². The molecule has 0 aliphatic carbocycles. The van der Waals surface area contributed by atoms with Crippen LogP contribution in [0.25, 0.3) is 0 Å². The van der Waals surface area contributed by atoms with Crippen LogP contribution in [-0.2, 0) is 4.79 Å². The van der Waals surface area contributed by atoms with Crippen LogP contribution < -0.4 is 14.7 Å². The zero-order chi connectivity index (χ0) is 25.4. The van der Waals surface area contributed by atoms with Crippen molar-refractivity contribution in [3.63, 3.8) is 0 Å². The van der Waals surface area contributed by atoms with Crippen LogP contribution in [0.1, 0.15) is 19.4 Å². The molecule has 36 heavy (non-hydrogen) atoms. The minimum atomic E-state index is -0.348. The second-order valence-corrected chi connectivity index (χ2v) is 10.5. The zero-order valence-corrected chi connectivity index (χ0v) is 22.3. The molecular formula is C28H27FN4OS2. The fourth-order valence-corrected chi connectivity index (χ4v) is 6.69. The van der Waals surface area contributed by atoms with Crippen molar-refractivity contribution in [2.75, 3.05) is 34.8 Å². The highest BCUT2D eigenvalue weighted by molar-refractivity contribution is 8.20. The molecule has 1 saturated heterocycles. The number of benzene rings is 3. The van der Waals surface area contributed by atoms with Gasteiger partial charge in [0, 0.05) is 30.7 Å². The average Bonchev–Trinajstić information content (AvgIpc) is 3.38. The number of aryl methyl sites for hydroxylation is 1. The van der Waals surface area contributed by atoms with E-state index in [1.807, 2.05) is 38.2 Å². The fourth-order valence-electron chi connectivity index (χ4n) is 4.35. The van der Waals surface area contributed by atoms with Gasteiger partial charge in [-0.3, -0.25) is 9.69 Å². The summed E-state index contributed by atoms with van der Waals surface area (Å²) in [5, 5.41) is 1.43. The third-order valence-electron chi connectivity index (χ3n) is 6.32. The SMILES string of the molecule is CCN(CC)c1ccc(N=C2S/C(=C3\Sc4ccccc4N3C)C(=O)N2c2ccc(F)cc2)c(C)c1. The molecule has 3 aromatic rings. The summed E-state index contributed by atoms with van der Waals surface area (Å²) in [5.74, 6) is -0.510. The van der Waals surface area contributed by atoms with Crippen molar-refractivity contribution >= 4 is 57.3 Å². The van der Waals surface area contributed by atoms with Gasteiger partial charge >= 0.3 is 0 Å². The number of hydrogen-bond donors (Lipinski definition) is 0. The molecule has 184 valence electrons. The van der Waals surface area contributed by atoms with E-state index >= 15 is 0 Å². The molecule has 3 aromatic carbocycles. The standard InChI is InChI=1S/C28H27FN4OS2/c1-5-32(6-2)21-15-16-22(18(3)17-21)30-28-33(20-13-11-19(29)12-14-20)26(34)25(36-28)27-31(4)23-9-7-8-10-24(23)35-27/h7-17H,5-6H2,1-4H3/b27-25-,30-28?. The molecule has 0 N–H and O–H groups in total. The molecule has 2 aliphatic rings. The van der Waals surface area contributed by atoms with Gasteiger partial charge < -0.3 is 9.80 Å². The van der Waals surface area contributed by atoms with Crippen molar-refractivity contribution in [2.24, 2.45) is 4.99 Å². The number of carbonyl (C=O) groups excluding carboxylic acids is 1. The second-order valence-electron chi connectivity index (χ2n) is 8.52. The Balaban J connectivity index is 1.58. The Kier molecular flexibility index (Phi) is 6.81. The summed E-state index contributed by atoms with van der Waals surface area (Å²) in [4.78, 5) is 26.4. The number of hydrogen-bond acceptors (Lipinski definition) is 6. The van der Waals surface area contributed by atoms with Gasteiger partial charge in [0.05, 0.1) is 22.1 Å². The van der Waals surface area contributed by atoms with Crippen LogP contribution in [0.15, 0.2) is 86.6 Å². The normalized spacial score (nSPS) is 18.4. The van der Waals surface area contributed by atoms with E-state index in [1.165, 1.54) is 23.9 Å². The lowest BCUT2D eigenvalue weighted by Gasteiger charge is -2.22. The van der Waals surface area contributed by atoms with E-state index in [2.05, 4.69) is 41.8 Å². The van der Waals surface area contributed by atoms with E-state index in [4.69, 9.17) is 4.99 Å². The van der Waals surface area contributed by atoms with E-state index in [1.54, 1.807) is 28.8 Å². The minimum absolute atomic E-state index is 0.162. The molecule has 2 heterocycles. The van der Waals surface area contributed by atoms with Crippen LogP contribution in [0.2, 0.25) is 0 Å². The van der Waals surface area contributed by atoms with Gasteiger partial charge in [-0.2, -0.15) is 0 Å². The fraction of sp³-hybridized carbons (Fsp3) is 0.214. The molecule has 0 atom stereocenters. The van der Waals surface area contributed by atoms with E-state index in [0.29, 0.717) is 15.8 Å². The lowest BCUT2D eigenvalue weighted by molar-refractivity contribution is -0.113. The van der Waals surface area contributed by atoms with Gasteiger partial charge in [0.2, 0.25) is 0 Å². The Hall–Kier alpha value is -3.23. The number of fused-ring (bicyclic) bond motifs is 1. The van der Waals surface area contributed by atoms with Crippen molar-refractivity contribution in [1.29, 1.82) is 0 Å². The monoisotopic (exact) mass is 518 g/mol. The van der Waals surface area contributed by atoms with E-state index in [9.17, 15) is 9.18 Å². The maximum absolute atomic E-state index is 13.8. The molecule has 0 bridgehead atoms. The van der Waals surface area contributed by atoms with E-state index in [-0.39, 0.29) is 11.7 Å². The first kappa shape index (κ1) is 24.5. The highest BCUT2D eigenvalue weighted by Crippen LogP contribution is 2.50. The van der Waals surface area contributed by atoms with Crippen LogP contribution in [0.4, 0.5) is 27.1 Å². The summed E-state index contributed by atoms with van der Waals surface area (Å²) in [6.45, 7) is 8.17. The summed E-state index contributed by atoms with van der Waals surface area (Å²) in [5.41, 5.74) is 4.63. The van der Waals surface area contributed by atoms with E-state index in [0.717, 1.165) is 45.6 Å². The predicted molar refractivity (Wildman–Crippen MR) is 151 cm³/mol. The van der Waals surface area contributed by atoms with Gasteiger partial charge in [-0.1, -0.05) is 23.9 Å². The number of nitrogens with zero attached hydrogens (tertiary/aromatic N) is 4. The van der Waals surface area contributed by atoms with Crippen molar-refractivity contribution in [1.82, 2.24) is 0 Å². The third-order valence-corrected chi connectivity index (χ3v) is 8.72. The quantitative estimate of drug-likeness (QED) is 0.335. The molecule has 8 heteroatoms. The number of halogens is 1. The molecule has 1 fully saturated rings. The summed E-state index contributed by atoms with van der Waals surface area (Å²) >= 11 is 2.94. The van der Waals surface area contributed by atoms with Gasteiger partial charge in [0.1, 0.15) is 10.7 Å². The molecule has 0 saturated carbocycles. The molecule has 0 unspecified atom stereocenters. The summed E-state index contributed by atoms with van der Waals surface area (Å²) in [6.07, 6.45) is 0. The largest absolute Gasteiger partial charge is 0.372 e. The average molecular weight is 519 g/mol. The zero-order valence-electron chi connectivity index (χ0n) is 20.7. The number of thioether (sulfide) groups is 2. The smallest absolute Gasteiger partial charge is 0.274 e. The van der Waals surface area contributed by atoms with Gasteiger partial charge in [0.15, 0.2) is 5.17 Å². The number of amidine groups is 1. The highest BCUT2D eigenvalue weighted by atomic mass is 32.2. The van der Waals surface area contributed by atoms with Crippen molar-refractivity contribution in [3.05, 3.63) is 88.0 Å². The highest BCUT2D eigenvalue weighted by Gasteiger charge is 2.40. The third kappa shape index (κ3) is 4.40. The molecule has 2 aliphatic heterocycles. The lowest BCUT2D eigenvalue weighted by Crippen LogP contribution is -2.29. The second kappa shape index (κ2) is 10.0. The molecule has 5 rings (SSSR count). The van der Waals surface area contributed by atoms with Crippen LogP contribution in [0.3, 0.4) is 0 Å². The Morgan fingerprint density at radius 3 is 2.36 bits per heavy atom. The summed E-state index contributed by atoms with van der Waals surface area (Å²) < 4.78 is 13.7. The molecule has 1 amide bonds. The maximum Gasteiger partial charge on any atom is 0.274 e. The van der Waals surface area contributed by atoms with Crippen molar-refractivity contribution in [3.8, 4) is 0 Å². The first-order chi connectivity index (χ1) is 17.4. The number of aliphatic imine (C=N–C) groups is 1. The first-order valence-corrected chi connectivity index (χ1v) is 13.5. The van der Waals surface area contributed by atoms with E-state index < -0.39 is 0 Å². The summed E-state index contributed by atoms with van der Waals surface area (Å²) in [6, 6.07) is 20.3. The van der Waals surface area contributed by atoms with Crippen LogP contribution in [0.5, 0.6) is 0 Å². The van der Waals surface area contributed by atoms with Crippen LogP contribution in [-0.4, -0.2) is 31.2 Å². The topological polar surface area (TPSA) is 39.1 Å². The van der Waals surface area contributed by atoms with Gasteiger partial charge in [0.25, 0.3) is 5.91 Å². The number of para-hydroxylation sites is 1. The molecule has 0 radical (unpaired) electrons. The van der Waals surface area contributed by atoms with Crippen LogP contribution >= 0.6 is 23.5 Å². The van der Waals surface area contributed by atoms with Gasteiger partial charge in [-0.25, -0.2) is 9.38 Å². The molecule has 0 aromatic heterocycles. The van der Waals surface area contributed by atoms with Crippen LogP contribution in [0, 0.1) is 12.7 Å². The maximum atomic E-state index is 13.8. The Bertz CT molecular complexity index is 1380. The Morgan fingerprint density at radius 2 is 1.69 bits per heavy atom. The number of anilines is 3. The molecule has 0 spiro atoms. The van der Waals surface area contributed by atoms with Gasteiger partial charge in [-0.05, 0) is 92.7 Å². The molecule has 5 nitrogen and oxygen atoms in total. The number of rotatable bonds is 5.